The van der Waals surface area contributed by atoms with E-state index in [1.54, 1.807) is 13.8 Å². The molecule has 0 bridgehead atoms. The quantitative estimate of drug-likeness (QED) is 0.790. The Labute approximate surface area is 105 Å². The van der Waals surface area contributed by atoms with Crippen LogP contribution >= 0.6 is 0 Å². The van der Waals surface area contributed by atoms with E-state index in [0.29, 0.717) is 6.42 Å². The summed E-state index contributed by atoms with van der Waals surface area (Å²) in [7, 11) is 0. The number of rotatable bonds is 4. The molecule has 2 amide bonds. The largest absolute Gasteiger partial charge is 0.349 e. The predicted octanol–water partition coefficient (Wildman–Crippen LogP) is 1.84. The van der Waals surface area contributed by atoms with Crippen molar-refractivity contribution in [2.45, 2.75) is 66.0 Å². The van der Waals surface area contributed by atoms with E-state index in [9.17, 15) is 9.59 Å². The van der Waals surface area contributed by atoms with E-state index in [4.69, 9.17) is 0 Å². The van der Waals surface area contributed by atoms with Crippen LogP contribution in [0.5, 0.6) is 0 Å². The van der Waals surface area contributed by atoms with Crippen molar-refractivity contribution in [3.63, 3.8) is 0 Å². The van der Waals surface area contributed by atoms with E-state index in [-0.39, 0.29) is 23.3 Å². The molecule has 0 aliphatic carbocycles. The van der Waals surface area contributed by atoms with Gasteiger partial charge in [-0.15, -0.1) is 0 Å². The zero-order valence-corrected chi connectivity index (χ0v) is 12.1. The molecule has 2 N–H and O–H groups in total. The van der Waals surface area contributed by atoms with Gasteiger partial charge in [-0.2, -0.15) is 0 Å². The molecule has 0 rings (SSSR count). The van der Waals surface area contributed by atoms with E-state index < -0.39 is 5.54 Å². The Hall–Kier alpha value is -1.06. The Morgan fingerprint density at radius 3 is 1.82 bits per heavy atom. The van der Waals surface area contributed by atoms with Crippen molar-refractivity contribution in [1.29, 1.82) is 0 Å². The highest BCUT2D eigenvalue weighted by Gasteiger charge is 2.31. The summed E-state index contributed by atoms with van der Waals surface area (Å²) < 4.78 is 0. The lowest BCUT2D eigenvalue weighted by atomic mass is 10.00. The molecule has 0 spiro atoms. The van der Waals surface area contributed by atoms with Crippen molar-refractivity contribution in [2.75, 3.05) is 0 Å². The lowest BCUT2D eigenvalue weighted by molar-refractivity contribution is -0.133. The normalized spacial score (nSPS) is 12.5. The van der Waals surface area contributed by atoms with Gasteiger partial charge in [-0.05, 0) is 40.5 Å². The van der Waals surface area contributed by atoms with Gasteiger partial charge in [0, 0.05) is 12.0 Å². The van der Waals surface area contributed by atoms with E-state index in [1.807, 2.05) is 34.6 Å². The first-order valence-electron chi connectivity index (χ1n) is 6.07. The molecular weight excluding hydrogens is 216 g/mol. The maximum atomic E-state index is 12.0. The molecular formula is C13H26N2O2. The first kappa shape index (κ1) is 15.9. The molecule has 0 atom stereocenters. The zero-order valence-electron chi connectivity index (χ0n) is 12.1. The summed E-state index contributed by atoms with van der Waals surface area (Å²) in [6.45, 7) is 13.1. The number of amides is 2. The average molecular weight is 242 g/mol. The molecule has 0 aromatic heterocycles. The topological polar surface area (TPSA) is 58.2 Å². The Morgan fingerprint density at radius 1 is 1.00 bits per heavy atom. The van der Waals surface area contributed by atoms with Crippen molar-refractivity contribution in [3.05, 3.63) is 0 Å². The first-order chi connectivity index (χ1) is 7.44. The summed E-state index contributed by atoms with van der Waals surface area (Å²) in [6.07, 6.45) is 0.437. The van der Waals surface area contributed by atoms with Crippen LogP contribution in [-0.2, 0) is 9.59 Å². The van der Waals surface area contributed by atoms with Crippen LogP contribution in [0.2, 0.25) is 0 Å². The highest BCUT2D eigenvalue weighted by atomic mass is 16.2. The van der Waals surface area contributed by atoms with Crippen LogP contribution in [0.15, 0.2) is 0 Å². The number of nitrogens with one attached hydrogen (secondary N) is 2. The fourth-order valence-electron chi connectivity index (χ4n) is 1.32. The Morgan fingerprint density at radius 2 is 1.47 bits per heavy atom. The van der Waals surface area contributed by atoms with Gasteiger partial charge < -0.3 is 10.6 Å². The summed E-state index contributed by atoms with van der Waals surface area (Å²) in [5.74, 6) is 0.0349. The van der Waals surface area contributed by atoms with Crippen LogP contribution in [0, 0.1) is 5.92 Å². The summed E-state index contributed by atoms with van der Waals surface area (Å²) in [5.41, 5.74) is -1.17. The van der Waals surface area contributed by atoms with E-state index in [2.05, 4.69) is 10.6 Å². The number of hydrogen-bond acceptors (Lipinski definition) is 2. The molecule has 4 nitrogen and oxygen atoms in total. The van der Waals surface area contributed by atoms with Crippen molar-refractivity contribution in [3.8, 4) is 0 Å². The van der Waals surface area contributed by atoms with E-state index in [1.165, 1.54) is 0 Å². The average Bonchev–Trinajstić information content (AvgIpc) is 1.96. The molecule has 0 fully saturated rings. The molecule has 0 aliphatic rings. The summed E-state index contributed by atoms with van der Waals surface area (Å²) in [4.78, 5) is 23.6. The standard InChI is InChI=1S/C13H26N2O2/c1-9(2)8-10(16)14-13(6,7)11(17)15-12(3,4)5/h9H,8H2,1-7H3,(H,14,16)(H,15,17). The van der Waals surface area contributed by atoms with Gasteiger partial charge in [-0.25, -0.2) is 0 Å². The molecule has 100 valence electrons. The molecule has 0 aromatic rings. The molecule has 0 aromatic carbocycles. The summed E-state index contributed by atoms with van der Waals surface area (Å²) in [5, 5.41) is 5.62. The third-order valence-corrected chi connectivity index (χ3v) is 2.10. The molecule has 0 heterocycles. The first-order valence-corrected chi connectivity index (χ1v) is 6.07. The molecule has 0 saturated carbocycles. The second-order valence-electron chi connectivity index (χ2n) is 6.48. The Kier molecular flexibility index (Phi) is 5.17. The minimum atomic E-state index is -0.876. The third kappa shape index (κ3) is 6.97. The Bertz CT molecular complexity index is 288. The minimum absolute atomic E-state index is 0.0888. The summed E-state index contributed by atoms with van der Waals surface area (Å²) >= 11 is 0. The molecule has 0 unspecified atom stereocenters. The fraction of sp³-hybridized carbons (Fsp3) is 0.846. The predicted molar refractivity (Wildman–Crippen MR) is 69.6 cm³/mol. The van der Waals surface area contributed by atoms with Gasteiger partial charge in [0.05, 0.1) is 0 Å². The van der Waals surface area contributed by atoms with Crippen molar-refractivity contribution < 1.29 is 9.59 Å². The van der Waals surface area contributed by atoms with Crippen LogP contribution in [0.25, 0.3) is 0 Å². The van der Waals surface area contributed by atoms with Crippen LogP contribution in [0.1, 0.15) is 54.9 Å². The lowest BCUT2D eigenvalue weighted by Gasteiger charge is -2.30. The SMILES string of the molecule is CC(C)CC(=O)NC(C)(C)C(=O)NC(C)(C)C. The molecule has 0 aliphatic heterocycles. The number of hydrogen-bond donors (Lipinski definition) is 2. The van der Waals surface area contributed by atoms with Gasteiger partial charge in [-0.1, -0.05) is 13.8 Å². The Balaban J connectivity index is 4.47. The van der Waals surface area contributed by atoms with Crippen molar-refractivity contribution >= 4 is 11.8 Å². The highest BCUT2D eigenvalue weighted by molar-refractivity contribution is 5.91. The van der Waals surface area contributed by atoms with Gasteiger partial charge in [0.15, 0.2) is 0 Å². The lowest BCUT2D eigenvalue weighted by Crippen LogP contribution is -2.58. The van der Waals surface area contributed by atoms with Gasteiger partial charge in [0.25, 0.3) is 0 Å². The van der Waals surface area contributed by atoms with Crippen molar-refractivity contribution in [1.82, 2.24) is 10.6 Å². The van der Waals surface area contributed by atoms with E-state index in [0.717, 1.165) is 0 Å². The number of carbonyl (C=O) groups excluding carboxylic acids is 2. The minimum Gasteiger partial charge on any atom is -0.349 e. The number of carbonyl (C=O) groups is 2. The third-order valence-electron chi connectivity index (χ3n) is 2.10. The van der Waals surface area contributed by atoms with Gasteiger partial charge >= 0.3 is 0 Å². The van der Waals surface area contributed by atoms with Gasteiger partial charge in [0.1, 0.15) is 5.54 Å². The maximum Gasteiger partial charge on any atom is 0.245 e. The molecule has 4 heteroatoms. The smallest absolute Gasteiger partial charge is 0.245 e. The molecule has 0 radical (unpaired) electrons. The van der Waals surface area contributed by atoms with E-state index >= 15 is 0 Å². The van der Waals surface area contributed by atoms with Gasteiger partial charge in [0.2, 0.25) is 11.8 Å². The maximum absolute atomic E-state index is 12.0. The van der Waals surface area contributed by atoms with Crippen molar-refractivity contribution in [2.24, 2.45) is 5.92 Å². The summed E-state index contributed by atoms with van der Waals surface area (Å²) in [6, 6.07) is 0. The van der Waals surface area contributed by atoms with Crippen LogP contribution in [0.4, 0.5) is 0 Å². The highest BCUT2D eigenvalue weighted by Crippen LogP contribution is 2.08. The molecule has 0 saturated heterocycles. The fourth-order valence-corrected chi connectivity index (χ4v) is 1.32. The van der Waals surface area contributed by atoms with Crippen LogP contribution < -0.4 is 10.6 Å². The van der Waals surface area contributed by atoms with Crippen LogP contribution in [-0.4, -0.2) is 22.9 Å². The zero-order chi connectivity index (χ0) is 13.9. The van der Waals surface area contributed by atoms with Crippen LogP contribution in [0.3, 0.4) is 0 Å². The molecule has 17 heavy (non-hydrogen) atoms. The van der Waals surface area contributed by atoms with Gasteiger partial charge in [-0.3, -0.25) is 9.59 Å². The second kappa shape index (κ2) is 5.52. The monoisotopic (exact) mass is 242 g/mol. The second-order valence-corrected chi connectivity index (χ2v) is 6.48.